The number of rotatable bonds is 9. The molecule has 140 valence electrons. The minimum absolute atomic E-state index is 0.258. The standard InChI is InChI=1S/C22H29NO3/c1-18(24)26-17-22(4,20-13-9-6-10-14-20)23-21(2,3)16-25-15-19-11-7-5-8-12-19/h5-14,23H,15-17H2,1-4H3. The van der Waals surface area contributed by atoms with Crippen LogP contribution in [0.5, 0.6) is 0 Å². The first-order chi connectivity index (χ1) is 12.3. The molecule has 0 spiro atoms. The van der Waals surface area contributed by atoms with Gasteiger partial charge in [0.1, 0.15) is 6.61 Å². The molecule has 2 aromatic rings. The van der Waals surface area contributed by atoms with Gasteiger partial charge in [0.2, 0.25) is 0 Å². The van der Waals surface area contributed by atoms with Crippen molar-refractivity contribution in [3.05, 3.63) is 71.8 Å². The number of hydrogen-bond donors (Lipinski definition) is 1. The zero-order chi connectivity index (χ0) is 19.0. The molecule has 0 aliphatic carbocycles. The summed E-state index contributed by atoms with van der Waals surface area (Å²) in [5, 5.41) is 3.63. The number of carbonyl (C=O) groups is 1. The van der Waals surface area contributed by atoms with Crippen LogP contribution in [0.25, 0.3) is 0 Å². The van der Waals surface area contributed by atoms with Gasteiger partial charge in [0.15, 0.2) is 0 Å². The lowest BCUT2D eigenvalue weighted by molar-refractivity contribution is -0.143. The van der Waals surface area contributed by atoms with Crippen LogP contribution in [0.4, 0.5) is 0 Å². The van der Waals surface area contributed by atoms with E-state index in [-0.39, 0.29) is 18.1 Å². The molecule has 1 atom stereocenters. The highest BCUT2D eigenvalue weighted by Gasteiger charge is 2.34. The van der Waals surface area contributed by atoms with Gasteiger partial charge in [-0.3, -0.25) is 10.1 Å². The third kappa shape index (κ3) is 6.28. The molecule has 0 radical (unpaired) electrons. The second-order valence-corrected chi connectivity index (χ2v) is 7.47. The highest BCUT2D eigenvalue weighted by atomic mass is 16.5. The normalized spacial score (nSPS) is 13.8. The molecule has 0 bridgehead atoms. The Hall–Kier alpha value is -2.17. The van der Waals surface area contributed by atoms with Gasteiger partial charge >= 0.3 is 5.97 Å². The lowest BCUT2D eigenvalue weighted by Crippen LogP contribution is -2.56. The van der Waals surface area contributed by atoms with Crippen LogP contribution in [0.1, 0.15) is 38.8 Å². The second-order valence-electron chi connectivity index (χ2n) is 7.47. The Morgan fingerprint density at radius 3 is 2.08 bits per heavy atom. The van der Waals surface area contributed by atoms with Crippen LogP contribution < -0.4 is 5.32 Å². The summed E-state index contributed by atoms with van der Waals surface area (Å²) in [6.45, 7) is 9.01. The van der Waals surface area contributed by atoms with Crippen molar-refractivity contribution < 1.29 is 14.3 Å². The summed E-state index contributed by atoms with van der Waals surface area (Å²) >= 11 is 0. The van der Waals surface area contributed by atoms with Crippen molar-refractivity contribution in [2.24, 2.45) is 0 Å². The summed E-state index contributed by atoms with van der Waals surface area (Å²) in [4.78, 5) is 11.3. The van der Waals surface area contributed by atoms with Crippen molar-refractivity contribution in [3.8, 4) is 0 Å². The van der Waals surface area contributed by atoms with Gasteiger partial charge in [0.05, 0.1) is 18.8 Å². The van der Waals surface area contributed by atoms with E-state index in [2.05, 4.69) is 31.3 Å². The van der Waals surface area contributed by atoms with Crippen molar-refractivity contribution >= 4 is 5.97 Å². The Morgan fingerprint density at radius 2 is 1.50 bits per heavy atom. The monoisotopic (exact) mass is 355 g/mol. The molecule has 2 aromatic carbocycles. The first kappa shape index (κ1) is 20.1. The van der Waals surface area contributed by atoms with Gasteiger partial charge < -0.3 is 9.47 Å². The fourth-order valence-electron chi connectivity index (χ4n) is 3.02. The molecule has 1 N–H and O–H groups in total. The molecule has 0 saturated carbocycles. The van der Waals surface area contributed by atoms with Crippen LogP contribution in [-0.2, 0) is 26.4 Å². The van der Waals surface area contributed by atoms with E-state index in [4.69, 9.17) is 9.47 Å². The maximum absolute atomic E-state index is 11.3. The maximum atomic E-state index is 11.3. The number of carbonyl (C=O) groups excluding carboxylic acids is 1. The Kier molecular flexibility index (Phi) is 6.95. The van der Waals surface area contributed by atoms with Crippen LogP contribution in [0.2, 0.25) is 0 Å². The number of hydrogen-bond acceptors (Lipinski definition) is 4. The highest BCUT2D eigenvalue weighted by Crippen LogP contribution is 2.25. The Balaban J connectivity index is 2.03. The van der Waals surface area contributed by atoms with Gasteiger partial charge in [-0.1, -0.05) is 60.7 Å². The predicted molar refractivity (Wildman–Crippen MR) is 104 cm³/mol. The molecule has 4 heteroatoms. The fraction of sp³-hybridized carbons (Fsp3) is 0.409. The van der Waals surface area contributed by atoms with E-state index >= 15 is 0 Å². The number of ether oxygens (including phenoxy) is 2. The Bertz CT molecular complexity index is 685. The molecule has 4 nitrogen and oxygen atoms in total. The third-order valence-corrected chi connectivity index (χ3v) is 4.16. The van der Waals surface area contributed by atoms with E-state index in [1.807, 2.05) is 55.5 Å². The summed E-state index contributed by atoms with van der Waals surface area (Å²) in [6, 6.07) is 20.1. The topological polar surface area (TPSA) is 47.6 Å². The molecule has 1 unspecified atom stereocenters. The van der Waals surface area contributed by atoms with Gasteiger partial charge in [-0.05, 0) is 31.9 Å². The van der Waals surface area contributed by atoms with Gasteiger partial charge in [-0.2, -0.15) is 0 Å². The summed E-state index contributed by atoms with van der Waals surface area (Å²) < 4.78 is 11.3. The lowest BCUT2D eigenvalue weighted by atomic mass is 9.89. The van der Waals surface area contributed by atoms with E-state index in [1.165, 1.54) is 6.92 Å². The minimum Gasteiger partial charge on any atom is -0.464 e. The van der Waals surface area contributed by atoms with Crippen molar-refractivity contribution in [2.45, 2.75) is 45.4 Å². The Morgan fingerprint density at radius 1 is 0.923 bits per heavy atom. The van der Waals surface area contributed by atoms with Crippen molar-refractivity contribution in [1.82, 2.24) is 5.32 Å². The van der Waals surface area contributed by atoms with E-state index in [1.54, 1.807) is 0 Å². The van der Waals surface area contributed by atoms with Crippen LogP contribution >= 0.6 is 0 Å². The number of benzene rings is 2. The Labute approximate surface area is 156 Å². The molecule has 2 rings (SSSR count). The molecule has 0 aromatic heterocycles. The first-order valence-corrected chi connectivity index (χ1v) is 8.91. The summed E-state index contributed by atoms with van der Waals surface area (Å²) in [7, 11) is 0. The average Bonchev–Trinajstić information content (AvgIpc) is 2.61. The van der Waals surface area contributed by atoms with Crippen LogP contribution in [0.15, 0.2) is 60.7 Å². The fourth-order valence-corrected chi connectivity index (χ4v) is 3.02. The van der Waals surface area contributed by atoms with Crippen LogP contribution in [0, 0.1) is 0 Å². The van der Waals surface area contributed by atoms with Crippen molar-refractivity contribution in [3.63, 3.8) is 0 Å². The van der Waals surface area contributed by atoms with Crippen molar-refractivity contribution in [1.29, 1.82) is 0 Å². The zero-order valence-corrected chi connectivity index (χ0v) is 16.1. The molecular formula is C22H29NO3. The molecule has 0 amide bonds. The van der Waals surface area contributed by atoms with Crippen molar-refractivity contribution in [2.75, 3.05) is 13.2 Å². The quantitative estimate of drug-likeness (QED) is 0.690. The van der Waals surface area contributed by atoms with Gasteiger partial charge in [-0.25, -0.2) is 0 Å². The molecule has 0 saturated heterocycles. The average molecular weight is 355 g/mol. The van der Waals surface area contributed by atoms with Gasteiger partial charge in [0, 0.05) is 12.5 Å². The lowest BCUT2D eigenvalue weighted by Gasteiger charge is -2.39. The predicted octanol–water partition coefficient (Wildman–Crippen LogP) is 4.05. The molecular weight excluding hydrogens is 326 g/mol. The molecule has 0 fully saturated rings. The van der Waals surface area contributed by atoms with Crippen LogP contribution in [-0.4, -0.2) is 24.7 Å². The highest BCUT2D eigenvalue weighted by molar-refractivity contribution is 5.66. The van der Waals surface area contributed by atoms with E-state index in [0.29, 0.717) is 13.2 Å². The smallest absolute Gasteiger partial charge is 0.302 e. The van der Waals surface area contributed by atoms with Gasteiger partial charge in [0.25, 0.3) is 0 Å². The molecule has 26 heavy (non-hydrogen) atoms. The summed E-state index contributed by atoms with van der Waals surface area (Å²) in [5.41, 5.74) is 1.40. The first-order valence-electron chi connectivity index (χ1n) is 8.91. The minimum atomic E-state index is -0.507. The van der Waals surface area contributed by atoms with E-state index in [0.717, 1.165) is 11.1 Å². The molecule has 0 heterocycles. The van der Waals surface area contributed by atoms with E-state index in [9.17, 15) is 4.79 Å². The molecule has 0 aliphatic rings. The second kappa shape index (κ2) is 8.97. The number of nitrogens with one attached hydrogen (secondary N) is 1. The molecule has 0 aliphatic heterocycles. The van der Waals surface area contributed by atoms with Crippen LogP contribution in [0.3, 0.4) is 0 Å². The third-order valence-electron chi connectivity index (χ3n) is 4.16. The van der Waals surface area contributed by atoms with E-state index < -0.39 is 5.54 Å². The maximum Gasteiger partial charge on any atom is 0.302 e. The SMILES string of the molecule is CC(=O)OCC(C)(NC(C)(C)COCc1ccccc1)c1ccccc1. The summed E-state index contributed by atoms with van der Waals surface area (Å²) in [6.07, 6.45) is 0. The largest absolute Gasteiger partial charge is 0.464 e. The van der Waals surface area contributed by atoms with Gasteiger partial charge in [-0.15, -0.1) is 0 Å². The number of esters is 1. The summed E-state index contributed by atoms with van der Waals surface area (Å²) in [5.74, 6) is -0.285. The zero-order valence-electron chi connectivity index (χ0n) is 16.1.